The summed E-state index contributed by atoms with van der Waals surface area (Å²) in [7, 11) is -5.00. The summed E-state index contributed by atoms with van der Waals surface area (Å²) in [6.45, 7) is 2.38. The third kappa shape index (κ3) is 5.46. The molecule has 0 spiro atoms. The molecule has 1 aliphatic heterocycles. The molecule has 118 valence electrons. The highest BCUT2D eigenvalue weighted by molar-refractivity contribution is 7.81. The van der Waals surface area contributed by atoms with Gasteiger partial charge in [0, 0.05) is 0 Å². The van der Waals surface area contributed by atoms with E-state index in [2.05, 4.69) is 4.18 Å². The molecule has 0 aromatic heterocycles. The summed E-state index contributed by atoms with van der Waals surface area (Å²) < 4.78 is 45.1. The van der Waals surface area contributed by atoms with Crippen molar-refractivity contribution in [1.29, 1.82) is 0 Å². The van der Waals surface area contributed by atoms with E-state index in [1.165, 1.54) is 31.0 Å². The smallest absolute Gasteiger partial charge is 0.496 e. The molecular formula is C10H16BNO8S. The highest BCUT2D eigenvalue weighted by Gasteiger charge is 2.51. The van der Waals surface area contributed by atoms with E-state index in [9.17, 15) is 18.0 Å². The average molecular weight is 321 g/mol. The van der Waals surface area contributed by atoms with Crippen LogP contribution in [0.25, 0.3) is 0 Å². The lowest BCUT2D eigenvalue weighted by Crippen LogP contribution is -2.54. The van der Waals surface area contributed by atoms with Crippen molar-refractivity contribution >= 4 is 29.5 Å². The van der Waals surface area contributed by atoms with Crippen LogP contribution < -0.4 is 0 Å². The maximum atomic E-state index is 11.6. The first-order valence-corrected chi connectivity index (χ1v) is 7.31. The van der Waals surface area contributed by atoms with Crippen LogP contribution in [-0.4, -0.2) is 62.6 Å². The minimum atomic E-state index is -4.86. The van der Waals surface area contributed by atoms with Gasteiger partial charge in [0.2, 0.25) is 0 Å². The van der Waals surface area contributed by atoms with Crippen molar-refractivity contribution in [3.8, 4) is 0 Å². The molecule has 0 bridgehead atoms. The zero-order valence-corrected chi connectivity index (χ0v) is 12.6. The summed E-state index contributed by atoms with van der Waals surface area (Å²) in [5, 5.41) is 0. The Kier molecular flexibility index (Phi) is 5.51. The number of hydrogen-bond donors (Lipinski definition) is 1. The molecule has 0 aliphatic carbocycles. The van der Waals surface area contributed by atoms with Crippen LogP contribution in [0, 0.1) is 0 Å². The molecule has 1 saturated heterocycles. The number of rotatable bonds is 4. The zero-order chi connectivity index (χ0) is 16.3. The molecular weight excluding hydrogens is 305 g/mol. The lowest BCUT2D eigenvalue weighted by Gasteiger charge is -2.30. The molecule has 1 aliphatic rings. The summed E-state index contributed by atoms with van der Waals surface area (Å²) in [4.78, 5) is 24.6. The Labute approximate surface area is 122 Å². The van der Waals surface area contributed by atoms with E-state index >= 15 is 0 Å². The lowest BCUT2D eigenvalue weighted by molar-refractivity contribution is -0.147. The average Bonchev–Trinajstić information content (AvgIpc) is 2.23. The second-order valence-corrected chi connectivity index (χ2v) is 5.70. The normalized spacial score (nSPS) is 21.4. The fraction of sp³-hybridized carbons (Fsp3) is 0.600. The van der Waals surface area contributed by atoms with Gasteiger partial charge in [-0.25, -0.2) is 4.18 Å². The van der Waals surface area contributed by atoms with Crippen molar-refractivity contribution in [2.45, 2.75) is 19.3 Å². The molecule has 1 atom stereocenters. The van der Waals surface area contributed by atoms with Crippen molar-refractivity contribution in [3.05, 3.63) is 12.2 Å². The van der Waals surface area contributed by atoms with E-state index < -0.39 is 35.0 Å². The second-order valence-electron chi connectivity index (χ2n) is 4.68. The topological polar surface area (TPSA) is 119 Å². The number of allylic oxidation sites excluding steroid dienone is 1. The van der Waals surface area contributed by atoms with Crippen LogP contribution in [0.1, 0.15) is 13.8 Å². The number of carbonyl (C=O) groups excluding carboxylic acids is 2. The molecule has 0 aromatic carbocycles. The van der Waals surface area contributed by atoms with Crippen LogP contribution in [0.15, 0.2) is 12.2 Å². The summed E-state index contributed by atoms with van der Waals surface area (Å²) in [6, 6.07) is 0. The van der Waals surface area contributed by atoms with Gasteiger partial charge in [-0.05, 0) is 20.9 Å². The number of hydrogen-bond acceptors (Lipinski definition) is 8. The summed E-state index contributed by atoms with van der Waals surface area (Å²) in [6.07, 6.45) is 2.59. The monoisotopic (exact) mass is 321 g/mol. The highest BCUT2D eigenvalue weighted by atomic mass is 32.3. The standard InChI is InChI=1S/C10H16BNO8S/c1-4-5-10(2,20-21(15,16)17)11-18-8(13)6-12(3)7-9(14)19-11/h4-5H,6-7H2,1-3H3,(H,15,16,17)/b5-4+. The largest absolute Gasteiger partial charge is 0.638 e. The second kappa shape index (κ2) is 6.56. The number of nitrogens with zero attached hydrogens (tertiary/aromatic N) is 1. The van der Waals surface area contributed by atoms with Crippen LogP contribution in [0.3, 0.4) is 0 Å². The Morgan fingerprint density at radius 1 is 1.33 bits per heavy atom. The van der Waals surface area contributed by atoms with Crippen molar-refractivity contribution in [1.82, 2.24) is 4.90 Å². The van der Waals surface area contributed by atoms with E-state index in [1.54, 1.807) is 6.92 Å². The first-order chi connectivity index (χ1) is 9.55. The Hall–Kier alpha value is -1.43. The van der Waals surface area contributed by atoms with Gasteiger partial charge in [0.1, 0.15) is 0 Å². The number of carbonyl (C=O) groups is 2. The van der Waals surface area contributed by atoms with Gasteiger partial charge in [-0.15, -0.1) is 0 Å². The fourth-order valence-electron chi connectivity index (χ4n) is 1.77. The van der Waals surface area contributed by atoms with Crippen molar-refractivity contribution in [3.63, 3.8) is 0 Å². The fourth-order valence-corrected chi connectivity index (χ4v) is 2.36. The van der Waals surface area contributed by atoms with Crippen LogP contribution >= 0.6 is 0 Å². The molecule has 1 fully saturated rings. The Morgan fingerprint density at radius 2 is 1.81 bits per heavy atom. The lowest BCUT2D eigenvalue weighted by atomic mass is 9.68. The number of likely N-dealkylation sites (N-methyl/N-ethyl adjacent to an activating group) is 1. The van der Waals surface area contributed by atoms with Gasteiger partial charge in [-0.1, -0.05) is 12.2 Å². The summed E-state index contributed by atoms with van der Waals surface area (Å²) in [5.74, 6) is -1.46. The van der Waals surface area contributed by atoms with E-state index in [-0.39, 0.29) is 13.1 Å². The molecule has 11 heteroatoms. The summed E-state index contributed by atoms with van der Waals surface area (Å²) in [5.41, 5.74) is -1.89. The van der Waals surface area contributed by atoms with Crippen molar-refractivity contribution in [2.24, 2.45) is 0 Å². The van der Waals surface area contributed by atoms with Crippen LogP contribution in [0.4, 0.5) is 0 Å². The predicted octanol–water partition coefficient (Wildman–Crippen LogP) is -0.800. The Bertz CT molecular complexity index is 527. The molecule has 0 aromatic rings. The van der Waals surface area contributed by atoms with Crippen LogP contribution in [0.2, 0.25) is 0 Å². The molecule has 9 nitrogen and oxygen atoms in total. The third-order valence-electron chi connectivity index (χ3n) is 2.53. The van der Waals surface area contributed by atoms with E-state index in [0.717, 1.165) is 0 Å². The van der Waals surface area contributed by atoms with Crippen LogP contribution in [-0.2, 0) is 33.5 Å². The molecule has 0 radical (unpaired) electrons. The first-order valence-electron chi connectivity index (χ1n) is 5.95. The van der Waals surface area contributed by atoms with E-state index in [4.69, 9.17) is 13.9 Å². The zero-order valence-electron chi connectivity index (χ0n) is 11.8. The van der Waals surface area contributed by atoms with Gasteiger partial charge >= 0.3 is 29.5 Å². The predicted molar refractivity (Wildman–Crippen MR) is 71.3 cm³/mol. The maximum absolute atomic E-state index is 11.6. The molecule has 1 N–H and O–H groups in total. The molecule has 1 heterocycles. The molecule has 0 saturated carbocycles. The molecule has 1 unspecified atom stereocenters. The Balaban J connectivity index is 3.10. The minimum absolute atomic E-state index is 0.177. The SMILES string of the molecule is C/C=C/C(C)(OS(=O)(=O)O)B1OC(=O)CN(C)CC(=O)O1. The van der Waals surface area contributed by atoms with Gasteiger partial charge in [0.15, 0.2) is 5.50 Å². The van der Waals surface area contributed by atoms with E-state index in [1.807, 2.05) is 0 Å². The van der Waals surface area contributed by atoms with Gasteiger partial charge in [-0.3, -0.25) is 19.0 Å². The Morgan fingerprint density at radius 3 is 2.19 bits per heavy atom. The van der Waals surface area contributed by atoms with Gasteiger partial charge < -0.3 is 9.31 Å². The van der Waals surface area contributed by atoms with Gasteiger partial charge in [0.25, 0.3) is 0 Å². The third-order valence-corrected chi connectivity index (χ3v) is 3.10. The van der Waals surface area contributed by atoms with E-state index in [0.29, 0.717) is 0 Å². The van der Waals surface area contributed by atoms with Gasteiger partial charge in [-0.2, -0.15) is 8.42 Å². The summed E-state index contributed by atoms with van der Waals surface area (Å²) >= 11 is 0. The van der Waals surface area contributed by atoms with Crippen LogP contribution in [0.5, 0.6) is 0 Å². The highest BCUT2D eigenvalue weighted by Crippen LogP contribution is 2.22. The minimum Gasteiger partial charge on any atom is -0.496 e. The quantitative estimate of drug-likeness (QED) is 0.403. The maximum Gasteiger partial charge on any atom is 0.638 e. The molecule has 0 amide bonds. The first kappa shape index (κ1) is 17.6. The van der Waals surface area contributed by atoms with Crippen molar-refractivity contribution < 1.29 is 36.1 Å². The van der Waals surface area contributed by atoms with Crippen molar-refractivity contribution in [2.75, 3.05) is 20.1 Å². The molecule has 21 heavy (non-hydrogen) atoms. The van der Waals surface area contributed by atoms with Gasteiger partial charge in [0.05, 0.1) is 13.1 Å². The molecule has 1 rings (SSSR count).